The molecular weight excluding hydrogens is 328 g/mol. The third kappa shape index (κ3) is 3.22. The van der Waals surface area contributed by atoms with E-state index in [4.69, 9.17) is 9.47 Å². The quantitative estimate of drug-likeness (QED) is 0.648. The molecule has 5 nitrogen and oxygen atoms in total. The van der Waals surface area contributed by atoms with Crippen molar-refractivity contribution in [3.63, 3.8) is 0 Å². The lowest BCUT2D eigenvalue weighted by atomic mass is 9.71. The van der Waals surface area contributed by atoms with E-state index in [-0.39, 0.29) is 40.5 Å². The first-order valence-electron chi connectivity index (χ1n) is 9.08. The van der Waals surface area contributed by atoms with Crippen molar-refractivity contribution in [3.8, 4) is 0 Å². The maximum atomic E-state index is 12.2. The van der Waals surface area contributed by atoms with Crippen molar-refractivity contribution in [1.29, 1.82) is 0 Å². The summed E-state index contributed by atoms with van der Waals surface area (Å²) < 4.78 is 11.7. The molecule has 6 heteroatoms. The van der Waals surface area contributed by atoms with Gasteiger partial charge in [0.2, 0.25) is 0 Å². The zero-order valence-electron chi connectivity index (χ0n) is 15.0. The van der Waals surface area contributed by atoms with Gasteiger partial charge in [-0.2, -0.15) is 0 Å². The number of thioether (sulfide) groups is 1. The number of aliphatic hydroxyl groups is 2. The maximum Gasteiger partial charge on any atom is 0.311 e. The number of carbonyl (C=O) groups is 1. The summed E-state index contributed by atoms with van der Waals surface area (Å²) in [6.45, 7) is 7.95. The van der Waals surface area contributed by atoms with Gasteiger partial charge >= 0.3 is 5.97 Å². The summed E-state index contributed by atoms with van der Waals surface area (Å²) >= 11 is 1.74. The molecule has 3 aliphatic rings. The lowest BCUT2D eigenvalue weighted by molar-refractivity contribution is -0.148. The molecule has 3 heterocycles. The Hall–Kier alpha value is -0.300. The van der Waals surface area contributed by atoms with E-state index in [2.05, 4.69) is 6.92 Å². The SMILES string of the molecule is CCCC[C@@](C)(O)CCOC1C2OC(=O)C3C2SC1C3C(C)(C)O. The Morgan fingerprint density at radius 3 is 2.54 bits per heavy atom. The fourth-order valence-corrected chi connectivity index (χ4v) is 6.69. The van der Waals surface area contributed by atoms with Crippen LogP contribution >= 0.6 is 11.8 Å². The lowest BCUT2D eigenvalue weighted by Crippen LogP contribution is -2.51. The molecule has 24 heavy (non-hydrogen) atoms. The molecule has 6 unspecified atom stereocenters. The Morgan fingerprint density at radius 1 is 1.21 bits per heavy atom. The normalized spacial score (nSPS) is 40.0. The van der Waals surface area contributed by atoms with Crippen LogP contribution < -0.4 is 0 Å². The zero-order chi connectivity index (χ0) is 17.7. The minimum atomic E-state index is -0.931. The minimum Gasteiger partial charge on any atom is -0.458 e. The molecule has 3 fully saturated rings. The molecule has 0 radical (unpaired) electrons. The third-order valence-electron chi connectivity index (χ3n) is 5.74. The van der Waals surface area contributed by atoms with E-state index in [1.165, 1.54) is 0 Å². The minimum absolute atomic E-state index is 0.0806. The first-order chi connectivity index (χ1) is 11.2. The molecule has 3 aliphatic heterocycles. The number of unbranched alkanes of at least 4 members (excludes halogenated alkanes) is 1. The largest absolute Gasteiger partial charge is 0.458 e. The van der Waals surface area contributed by atoms with E-state index >= 15 is 0 Å². The van der Waals surface area contributed by atoms with E-state index in [0.29, 0.717) is 13.0 Å². The highest BCUT2D eigenvalue weighted by Crippen LogP contribution is 2.61. The van der Waals surface area contributed by atoms with Gasteiger partial charge in [0.1, 0.15) is 12.2 Å². The maximum absolute atomic E-state index is 12.2. The second kappa shape index (κ2) is 6.45. The highest BCUT2D eigenvalue weighted by molar-refractivity contribution is 8.01. The van der Waals surface area contributed by atoms with Crippen LogP contribution in [-0.4, -0.2) is 56.7 Å². The number of esters is 1. The van der Waals surface area contributed by atoms with Crippen LogP contribution in [-0.2, 0) is 14.3 Å². The molecule has 7 atom stereocenters. The van der Waals surface area contributed by atoms with Crippen molar-refractivity contribution in [1.82, 2.24) is 0 Å². The fraction of sp³-hybridized carbons (Fsp3) is 0.944. The van der Waals surface area contributed by atoms with Crippen LogP contribution in [0.15, 0.2) is 0 Å². The van der Waals surface area contributed by atoms with Gasteiger partial charge in [-0.1, -0.05) is 19.8 Å². The third-order valence-corrected chi connectivity index (χ3v) is 7.49. The standard InChI is InChI=1S/C18H30O5S/c1-5-6-7-18(4,21)8-9-22-12-13-14-10(16(19)23-13)11(15(12)24-14)17(2,3)20/h10-15,20-21H,5-9H2,1-4H3/t10?,11?,12?,13?,14?,15?,18-/m1/s1. The molecule has 138 valence electrons. The first-order valence-corrected chi connectivity index (χ1v) is 10.0. The Kier molecular flexibility index (Phi) is 4.97. The summed E-state index contributed by atoms with van der Waals surface area (Å²) in [7, 11) is 0. The fourth-order valence-electron chi connectivity index (χ4n) is 4.45. The van der Waals surface area contributed by atoms with Crippen molar-refractivity contribution in [2.45, 2.75) is 87.3 Å². The van der Waals surface area contributed by atoms with Crippen LogP contribution in [0.4, 0.5) is 0 Å². The van der Waals surface area contributed by atoms with Crippen molar-refractivity contribution in [3.05, 3.63) is 0 Å². The number of ether oxygens (including phenoxy) is 2. The molecule has 0 saturated carbocycles. The van der Waals surface area contributed by atoms with Crippen molar-refractivity contribution in [2.75, 3.05) is 6.61 Å². The number of hydrogen-bond acceptors (Lipinski definition) is 6. The van der Waals surface area contributed by atoms with Crippen LogP contribution in [0.5, 0.6) is 0 Å². The Bertz CT molecular complexity index is 486. The summed E-state index contributed by atoms with van der Waals surface area (Å²) in [5, 5.41) is 21.1. The van der Waals surface area contributed by atoms with Gasteiger partial charge in [-0.15, -0.1) is 11.8 Å². The van der Waals surface area contributed by atoms with E-state index < -0.39 is 11.2 Å². The summed E-state index contributed by atoms with van der Waals surface area (Å²) in [5.74, 6) is -0.532. The predicted octanol–water partition coefficient (Wildman–Crippen LogP) is 2.13. The molecule has 0 aromatic rings. The molecule has 3 rings (SSSR count). The second-order valence-corrected chi connectivity index (χ2v) is 9.72. The summed E-state index contributed by atoms with van der Waals surface area (Å²) in [6, 6.07) is 0. The van der Waals surface area contributed by atoms with Gasteiger partial charge in [0, 0.05) is 17.8 Å². The van der Waals surface area contributed by atoms with Gasteiger partial charge in [0.25, 0.3) is 0 Å². The Labute approximate surface area is 148 Å². The molecule has 3 saturated heterocycles. The van der Waals surface area contributed by atoms with Crippen molar-refractivity contribution >= 4 is 17.7 Å². The summed E-state index contributed by atoms with van der Waals surface area (Å²) in [4.78, 5) is 12.2. The van der Waals surface area contributed by atoms with Crippen molar-refractivity contribution < 1.29 is 24.5 Å². The van der Waals surface area contributed by atoms with Gasteiger partial charge in [-0.3, -0.25) is 4.79 Å². The molecule has 2 N–H and O–H groups in total. The Balaban J connectivity index is 1.62. The van der Waals surface area contributed by atoms with Crippen molar-refractivity contribution in [2.24, 2.45) is 11.8 Å². The average Bonchev–Trinajstić information content (AvgIpc) is 3.07. The molecule has 0 aliphatic carbocycles. The Morgan fingerprint density at radius 2 is 1.92 bits per heavy atom. The monoisotopic (exact) mass is 358 g/mol. The van der Waals surface area contributed by atoms with Gasteiger partial charge in [-0.05, 0) is 33.6 Å². The highest BCUT2D eigenvalue weighted by atomic mass is 32.2. The number of hydrogen-bond donors (Lipinski definition) is 2. The molecule has 0 aromatic carbocycles. The second-order valence-electron chi connectivity index (χ2n) is 8.36. The molecule has 0 spiro atoms. The predicted molar refractivity (Wildman–Crippen MR) is 92.8 cm³/mol. The average molecular weight is 359 g/mol. The lowest BCUT2D eigenvalue weighted by Gasteiger charge is -2.37. The van der Waals surface area contributed by atoms with E-state index in [9.17, 15) is 15.0 Å². The molecular formula is C18H30O5S. The molecule has 0 amide bonds. The first kappa shape index (κ1) is 18.5. The van der Waals surface area contributed by atoms with E-state index in [1.807, 2.05) is 6.92 Å². The van der Waals surface area contributed by atoms with Gasteiger partial charge in [0.15, 0.2) is 0 Å². The van der Waals surface area contributed by atoms with Gasteiger partial charge < -0.3 is 19.7 Å². The van der Waals surface area contributed by atoms with Crippen LogP contribution in [0.1, 0.15) is 53.4 Å². The number of fused-ring (bicyclic) bond motifs is 1. The van der Waals surface area contributed by atoms with Crippen LogP contribution in [0.2, 0.25) is 0 Å². The number of rotatable bonds is 8. The van der Waals surface area contributed by atoms with Gasteiger partial charge in [0.05, 0.1) is 22.4 Å². The zero-order valence-corrected chi connectivity index (χ0v) is 15.8. The van der Waals surface area contributed by atoms with Crippen LogP contribution in [0.25, 0.3) is 0 Å². The smallest absolute Gasteiger partial charge is 0.311 e. The number of carbonyl (C=O) groups excluding carboxylic acids is 1. The summed E-state index contributed by atoms with van der Waals surface area (Å²) in [6.07, 6.45) is 3.03. The van der Waals surface area contributed by atoms with E-state index in [1.54, 1.807) is 25.6 Å². The highest BCUT2D eigenvalue weighted by Gasteiger charge is 2.70. The topological polar surface area (TPSA) is 76.0 Å². The van der Waals surface area contributed by atoms with E-state index in [0.717, 1.165) is 19.3 Å². The van der Waals surface area contributed by atoms with Crippen LogP contribution in [0.3, 0.4) is 0 Å². The molecule has 2 bridgehead atoms. The van der Waals surface area contributed by atoms with Gasteiger partial charge in [-0.25, -0.2) is 0 Å². The van der Waals surface area contributed by atoms with Crippen LogP contribution in [0, 0.1) is 11.8 Å². The summed E-state index contributed by atoms with van der Waals surface area (Å²) in [5.41, 5.74) is -1.65. The molecule has 0 aromatic heterocycles.